The van der Waals surface area contributed by atoms with Gasteiger partial charge in [0.25, 0.3) is 0 Å². The Morgan fingerprint density at radius 2 is 2.00 bits per heavy atom. The molecule has 1 unspecified atom stereocenters. The minimum Gasteiger partial charge on any atom is -0.329 e. The highest BCUT2D eigenvalue weighted by Crippen LogP contribution is 2.08. The molecule has 0 aliphatic carbocycles. The van der Waals surface area contributed by atoms with Crippen molar-refractivity contribution >= 4 is 10.0 Å². The average Bonchev–Trinajstić information content (AvgIpc) is 2.38. The summed E-state index contributed by atoms with van der Waals surface area (Å²) in [6, 6.07) is 8.29. The maximum atomic E-state index is 12.0. The molecule has 1 aromatic carbocycles. The molecule has 1 atom stereocenters. The molecule has 1 aromatic rings. The van der Waals surface area contributed by atoms with Gasteiger partial charge in [-0.2, -0.15) is 5.26 Å². The van der Waals surface area contributed by atoms with Crippen molar-refractivity contribution in [1.82, 2.24) is 4.72 Å². The van der Waals surface area contributed by atoms with Gasteiger partial charge in [-0.25, -0.2) is 13.1 Å². The van der Waals surface area contributed by atoms with Crippen LogP contribution < -0.4 is 10.5 Å². The van der Waals surface area contributed by atoms with Gasteiger partial charge < -0.3 is 5.73 Å². The molecular weight excluding hydrogens is 262 g/mol. The molecule has 3 N–H and O–H groups in total. The fourth-order valence-electron chi connectivity index (χ4n) is 1.76. The van der Waals surface area contributed by atoms with E-state index in [0.717, 1.165) is 12.8 Å². The Morgan fingerprint density at radius 3 is 2.47 bits per heavy atom. The fourth-order valence-corrected chi connectivity index (χ4v) is 3.20. The lowest BCUT2D eigenvalue weighted by Crippen LogP contribution is -2.40. The second kappa shape index (κ2) is 7.24. The number of nitrogens with two attached hydrogens (primary N) is 1. The van der Waals surface area contributed by atoms with Gasteiger partial charge in [0.1, 0.15) is 0 Å². The van der Waals surface area contributed by atoms with Gasteiger partial charge in [-0.3, -0.25) is 0 Å². The fraction of sp³-hybridized carbons (Fsp3) is 0.462. The molecule has 19 heavy (non-hydrogen) atoms. The van der Waals surface area contributed by atoms with Crippen molar-refractivity contribution in [3.63, 3.8) is 0 Å². The predicted molar refractivity (Wildman–Crippen MR) is 74.7 cm³/mol. The molecule has 0 saturated heterocycles. The predicted octanol–water partition coefficient (Wildman–Crippen LogP) is 1.11. The van der Waals surface area contributed by atoms with Crippen LogP contribution in [0.1, 0.15) is 30.9 Å². The molecule has 6 heteroatoms. The standard InChI is InChI=1S/C13H19N3O2S/c1-2-3-13(9-15)16-19(17,18)10-12-6-4-11(8-14)5-7-12/h4-7,13,16H,2-3,9-10,15H2,1H3. The Bertz CT molecular complexity index is 532. The maximum absolute atomic E-state index is 12.0. The number of nitrogens with zero attached hydrogens (tertiary/aromatic N) is 1. The summed E-state index contributed by atoms with van der Waals surface area (Å²) in [4.78, 5) is 0. The summed E-state index contributed by atoms with van der Waals surface area (Å²) in [5.74, 6) is -0.0983. The zero-order chi connectivity index (χ0) is 14.3. The summed E-state index contributed by atoms with van der Waals surface area (Å²) in [5, 5.41) is 8.68. The van der Waals surface area contributed by atoms with E-state index in [1.807, 2.05) is 13.0 Å². The molecule has 1 rings (SSSR count). The number of rotatable bonds is 7. The Morgan fingerprint density at radius 1 is 1.37 bits per heavy atom. The molecular formula is C13H19N3O2S. The van der Waals surface area contributed by atoms with Crippen LogP contribution in [0.4, 0.5) is 0 Å². The van der Waals surface area contributed by atoms with Gasteiger partial charge in [-0.05, 0) is 24.1 Å². The van der Waals surface area contributed by atoms with Crippen molar-refractivity contribution in [3.05, 3.63) is 35.4 Å². The molecule has 0 aliphatic heterocycles. The van der Waals surface area contributed by atoms with E-state index in [1.54, 1.807) is 24.3 Å². The van der Waals surface area contributed by atoms with Gasteiger partial charge in [-0.15, -0.1) is 0 Å². The largest absolute Gasteiger partial charge is 0.329 e. The molecule has 0 radical (unpaired) electrons. The van der Waals surface area contributed by atoms with E-state index in [2.05, 4.69) is 4.72 Å². The molecule has 0 amide bonds. The van der Waals surface area contributed by atoms with Gasteiger partial charge in [-0.1, -0.05) is 25.5 Å². The van der Waals surface area contributed by atoms with Crippen molar-refractivity contribution in [2.75, 3.05) is 6.54 Å². The zero-order valence-corrected chi connectivity index (χ0v) is 11.8. The van der Waals surface area contributed by atoms with Crippen LogP contribution in [0.15, 0.2) is 24.3 Å². The van der Waals surface area contributed by atoms with Crippen molar-refractivity contribution in [2.45, 2.75) is 31.6 Å². The van der Waals surface area contributed by atoms with Gasteiger partial charge in [0.2, 0.25) is 10.0 Å². The van der Waals surface area contributed by atoms with E-state index in [9.17, 15) is 8.42 Å². The number of nitriles is 1. The smallest absolute Gasteiger partial charge is 0.216 e. The minimum absolute atomic E-state index is 0.0983. The van der Waals surface area contributed by atoms with Crippen molar-refractivity contribution < 1.29 is 8.42 Å². The van der Waals surface area contributed by atoms with Crippen LogP contribution in [0.5, 0.6) is 0 Å². The van der Waals surface area contributed by atoms with Crippen LogP contribution in [0.3, 0.4) is 0 Å². The summed E-state index contributed by atoms with van der Waals surface area (Å²) >= 11 is 0. The molecule has 0 fully saturated rings. The van der Waals surface area contributed by atoms with Gasteiger partial charge in [0.05, 0.1) is 17.4 Å². The highest BCUT2D eigenvalue weighted by atomic mass is 32.2. The Kier molecular flexibility index (Phi) is 5.96. The van der Waals surface area contributed by atoms with E-state index in [-0.39, 0.29) is 11.8 Å². The van der Waals surface area contributed by atoms with Crippen LogP contribution in [0.25, 0.3) is 0 Å². The lowest BCUT2D eigenvalue weighted by atomic mass is 10.2. The van der Waals surface area contributed by atoms with E-state index in [4.69, 9.17) is 11.0 Å². The molecule has 0 heterocycles. The van der Waals surface area contributed by atoms with Crippen molar-refractivity contribution in [3.8, 4) is 6.07 Å². The molecule has 0 spiro atoms. The van der Waals surface area contributed by atoms with Crippen LogP contribution in [0.2, 0.25) is 0 Å². The first-order valence-electron chi connectivity index (χ1n) is 6.20. The molecule has 0 aromatic heterocycles. The third-order valence-electron chi connectivity index (χ3n) is 2.71. The zero-order valence-electron chi connectivity index (χ0n) is 11.0. The number of benzene rings is 1. The molecule has 0 saturated carbocycles. The normalized spacial score (nSPS) is 12.9. The summed E-state index contributed by atoms with van der Waals surface area (Å²) in [6.45, 7) is 2.28. The third-order valence-corrected chi connectivity index (χ3v) is 4.11. The number of sulfonamides is 1. The number of nitrogens with one attached hydrogen (secondary N) is 1. The first kappa shape index (κ1) is 15.6. The number of hydrogen-bond acceptors (Lipinski definition) is 4. The molecule has 104 valence electrons. The highest BCUT2D eigenvalue weighted by Gasteiger charge is 2.16. The van der Waals surface area contributed by atoms with Gasteiger partial charge in [0, 0.05) is 12.6 Å². The average molecular weight is 281 g/mol. The third kappa shape index (κ3) is 5.39. The Balaban J connectivity index is 2.70. The first-order valence-corrected chi connectivity index (χ1v) is 7.85. The summed E-state index contributed by atoms with van der Waals surface area (Å²) in [7, 11) is -3.40. The molecule has 0 bridgehead atoms. The molecule has 5 nitrogen and oxygen atoms in total. The minimum atomic E-state index is -3.40. The second-order valence-corrected chi connectivity index (χ2v) is 6.16. The summed E-state index contributed by atoms with van der Waals surface area (Å²) in [6.07, 6.45) is 1.60. The molecule has 0 aliphatic rings. The van der Waals surface area contributed by atoms with E-state index < -0.39 is 10.0 Å². The van der Waals surface area contributed by atoms with E-state index in [0.29, 0.717) is 17.7 Å². The van der Waals surface area contributed by atoms with Crippen molar-refractivity contribution in [1.29, 1.82) is 5.26 Å². The van der Waals surface area contributed by atoms with E-state index >= 15 is 0 Å². The van der Waals surface area contributed by atoms with Crippen LogP contribution in [-0.4, -0.2) is 21.0 Å². The van der Waals surface area contributed by atoms with Crippen LogP contribution in [0, 0.1) is 11.3 Å². The van der Waals surface area contributed by atoms with Crippen molar-refractivity contribution in [2.24, 2.45) is 5.73 Å². The topological polar surface area (TPSA) is 96.0 Å². The SMILES string of the molecule is CCCC(CN)NS(=O)(=O)Cc1ccc(C#N)cc1. The monoisotopic (exact) mass is 281 g/mol. The van der Waals surface area contributed by atoms with E-state index in [1.165, 1.54) is 0 Å². The summed E-state index contributed by atoms with van der Waals surface area (Å²) in [5.41, 5.74) is 6.70. The van der Waals surface area contributed by atoms with Gasteiger partial charge in [0.15, 0.2) is 0 Å². The highest BCUT2D eigenvalue weighted by molar-refractivity contribution is 7.88. The Hall–Kier alpha value is -1.42. The van der Waals surface area contributed by atoms with Crippen LogP contribution >= 0.6 is 0 Å². The first-order chi connectivity index (χ1) is 9.00. The van der Waals surface area contributed by atoms with Crippen LogP contribution in [-0.2, 0) is 15.8 Å². The lowest BCUT2D eigenvalue weighted by molar-refractivity contribution is 0.526. The maximum Gasteiger partial charge on any atom is 0.216 e. The quantitative estimate of drug-likeness (QED) is 0.782. The summed E-state index contributed by atoms with van der Waals surface area (Å²) < 4.78 is 26.5. The Labute approximate surface area is 114 Å². The number of hydrogen-bond donors (Lipinski definition) is 2. The second-order valence-electron chi connectivity index (χ2n) is 4.41. The lowest BCUT2D eigenvalue weighted by Gasteiger charge is -2.16. The van der Waals surface area contributed by atoms with Gasteiger partial charge >= 0.3 is 0 Å².